The van der Waals surface area contributed by atoms with Gasteiger partial charge < -0.3 is 20.5 Å². The zero-order valence-electron chi connectivity index (χ0n) is 17.9. The van der Waals surface area contributed by atoms with Crippen molar-refractivity contribution in [2.75, 3.05) is 18.6 Å². The van der Waals surface area contributed by atoms with Gasteiger partial charge >= 0.3 is 0 Å². The lowest BCUT2D eigenvalue weighted by molar-refractivity contribution is 0.100. The predicted octanol–water partition coefficient (Wildman–Crippen LogP) is 3.63. The largest absolute Gasteiger partial charge is 0.508 e. The molecule has 0 aliphatic carbocycles. The maximum atomic E-state index is 11.9. The molecule has 1 aliphatic heterocycles. The van der Waals surface area contributed by atoms with Gasteiger partial charge in [0.2, 0.25) is 17.7 Å². The number of aromatic hydroxyl groups is 1. The van der Waals surface area contributed by atoms with Gasteiger partial charge in [-0.25, -0.2) is 0 Å². The van der Waals surface area contributed by atoms with Crippen LogP contribution in [0, 0.1) is 6.92 Å². The zero-order chi connectivity index (χ0) is 22.4. The van der Waals surface area contributed by atoms with Gasteiger partial charge in [-0.3, -0.25) is 9.36 Å². The number of fused-ring (bicyclic) bond motifs is 2. The van der Waals surface area contributed by atoms with Gasteiger partial charge in [0.1, 0.15) is 11.6 Å². The number of primary amides is 1. The molecule has 0 saturated carbocycles. The Kier molecular flexibility index (Phi) is 4.70. The molecule has 32 heavy (non-hydrogen) atoms. The summed E-state index contributed by atoms with van der Waals surface area (Å²) in [4.78, 5) is 23.5. The Morgan fingerprint density at radius 2 is 2.00 bits per heavy atom. The first kappa shape index (κ1) is 19.9. The van der Waals surface area contributed by atoms with E-state index in [1.165, 1.54) is 0 Å². The molecule has 0 fully saturated rings. The van der Waals surface area contributed by atoms with Gasteiger partial charge in [0, 0.05) is 35.4 Å². The fraction of sp³-hybridized carbons (Fsp3) is 0.208. The summed E-state index contributed by atoms with van der Waals surface area (Å²) in [6.45, 7) is 2.53. The topological polar surface area (TPSA) is 107 Å². The van der Waals surface area contributed by atoms with Crippen LogP contribution in [-0.4, -0.2) is 39.2 Å². The number of hydrogen-bond donors (Lipinski definition) is 2. The Morgan fingerprint density at radius 1 is 1.19 bits per heavy atom. The first-order valence-electron chi connectivity index (χ1n) is 10.4. The van der Waals surface area contributed by atoms with E-state index < -0.39 is 5.91 Å². The quantitative estimate of drug-likeness (QED) is 0.513. The maximum absolute atomic E-state index is 11.9. The smallest absolute Gasteiger partial charge is 0.249 e. The van der Waals surface area contributed by atoms with Crippen LogP contribution in [0.4, 0.5) is 11.5 Å². The molecule has 3 N–H and O–H groups in total. The van der Waals surface area contributed by atoms with Crippen molar-refractivity contribution in [3.8, 4) is 17.6 Å². The summed E-state index contributed by atoms with van der Waals surface area (Å²) in [5.41, 5.74) is 9.43. The van der Waals surface area contributed by atoms with Crippen molar-refractivity contribution < 1.29 is 14.6 Å². The molecule has 0 spiro atoms. The number of phenols is 1. The standard InChI is InChI=1S/C24H23N5O3/c1-14-12-19-17(21(25)31)8-4-10-20(19)29(14)24-26-22(18-9-5-11-32-23(18)27-24)28(2)15-6-3-7-16(30)13-15/h3-4,6-8,10,12-13,30H,5,9,11H2,1-2H3,(H2,25,31). The van der Waals surface area contributed by atoms with Crippen LogP contribution in [0.2, 0.25) is 0 Å². The lowest BCUT2D eigenvalue weighted by Gasteiger charge is -2.26. The first-order chi connectivity index (χ1) is 15.4. The van der Waals surface area contributed by atoms with Crippen molar-refractivity contribution in [3.05, 3.63) is 65.4 Å². The van der Waals surface area contributed by atoms with Crippen molar-refractivity contribution in [1.82, 2.24) is 14.5 Å². The minimum absolute atomic E-state index is 0.181. The van der Waals surface area contributed by atoms with E-state index in [-0.39, 0.29) is 5.75 Å². The molecule has 0 radical (unpaired) electrons. The molecule has 8 nitrogen and oxygen atoms in total. The highest BCUT2D eigenvalue weighted by Crippen LogP contribution is 2.36. The molecule has 1 aliphatic rings. The van der Waals surface area contributed by atoms with E-state index in [0.717, 1.165) is 40.7 Å². The molecule has 5 rings (SSSR count). The molecule has 2 aromatic heterocycles. The molecule has 0 bridgehead atoms. The lowest BCUT2D eigenvalue weighted by atomic mass is 10.1. The van der Waals surface area contributed by atoms with E-state index >= 15 is 0 Å². The molecule has 8 heteroatoms. The molecule has 0 saturated heterocycles. The van der Waals surface area contributed by atoms with Crippen LogP contribution in [0.5, 0.6) is 11.6 Å². The van der Waals surface area contributed by atoms with Gasteiger partial charge in [0.25, 0.3) is 0 Å². The molecular formula is C24H23N5O3. The average molecular weight is 429 g/mol. The SMILES string of the molecule is Cc1cc2c(C(N)=O)cccc2n1-c1nc2c(c(N(C)c3cccc(O)c3)n1)CCCO2. The maximum Gasteiger partial charge on any atom is 0.249 e. The third-order valence-corrected chi connectivity index (χ3v) is 5.78. The third kappa shape index (κ3) is 3.20. The predicted molar refractivity (Wildman–Crippen MR) is 122 cm³/mol. The van der Waals surface area contributed by atoms with E-state index in [1.54, 1.807) is 30.3 Å². The highest BCUT2D eigenvalue weighted by atomic mass is 16.5. The summed E-state index contributed by atoms with van der Waals surface area (Å²) < 4.78 is 7.81. The number of ether oxygens (including phenoxy) is 1. The second kappa shape index (κ2) is 7.56. The van der Waals surface area contributed by atoms with E-state index in [9.17, 15) is 9.90 Å². The van der Waals surface area contributed by atoms with Crippen LogP contribution in [0.25, 0.3) is 16.9 Å². The monoisotopic (exact) mass is 429 g/mol. The molecule has 3 heterocycles. The number of phenolic OH excluding ortho intramolecular Hbond substituents is 1. The van der Waals surface area contributed by atoms with Gasteiger partial charge in [0.05, 0.1) is 17.7 Å². The Morgan fingerprint density at radius 3 is 2.78 bits per heavy atom. The normalized spacial score (nSPS) is 12.9. The second-order valence-electron chi connectivity index (χ2n) is 7.89. The van der Waals surface area contributed by atoms with Crippen LogP contribution >= 0.6 is 0 Å². The van der Waals surface area contributed by atoms with Gasteiger partial charge in [-0.1, -0.05) is 12.1 Å². The third-order valence-electron chi connectivity index (χ3n) is 5.78. The average Bonchev–Trinajstić information content (AvgIpc) is 3.13. The number of rotatable bonds is 4. The fourth-order valence-electron chi connectivity index (χ4n) is 4.24. The summed E-state index contributed by atoms with van der Waals surface area (Å²) in [6.07, 6.45) is 1.68. The number of anilines is 2. The molecule has 1 amide bonds. The summed E-state index contributed by atoms with van der Waals surface area (Å²) in [5, 5.41) is 10.7. The molecule has 0 atom stereocenters. The number of carbonyl (C=O) groups is 1. The Balaban J connectivity index is 1.73. The van der Waals surface area contributed by atoms with Crippen LogP contribution in [0.15, 0.2) is 48.5 Å². The number of nitrogens with zero attached hydrogens (tertiary/aromatic N) is 4. The molecule has 4 aromatic rings. The fourth-order valence-corrected chi connectivity index (χ4v) is 4.24. The van der Waals surface area contributed by atoms with Crippen LogP contribution < -0.4 is 15.4 Å². The van der Waals surface area contributed by atoms with Crippen LogP contribution in [0.3, 0.4) is 0 Å². The number of benzene rings is 2. The zero-order valence-corrected chi connectivity index (χ0v) is 17.9. The van der Waals surface area contributed by atoms with E-state index in [2.05, 4.69) is 0 Å². The number of nitrogens with two attached hydrogens (primary N) is 1. The van der Waals surface area contributed by atoms with E-state index in [1.807, 2.05) is 41.6 Å². The van der Waals surface area contributed by atoms with Crippen molar-refractivity contribution in [2.45, 2.75) is 19.8 Å². The van der Waals surface area contributed by atoms with E-state index in [4.69, 9.17) is 20.4 Å². The minimum Gasteiger partial charge on any atom is -0.508 e. The van der Waals surface area contributed by atoms with Crippen LogP contribution in [-0.2, 0) is 6.42 Å². The number of carbonyl (C=O) groups excluding carboxylic acids is 1. The van der Waals surface area contributed by atoms with Gasteiger partial charge in [-0.05, 0) is 50.1 Å². The van der Waals surface area contributed by atoms with Crippen molar-refractivity contribution in [3.63, 3.8) is 0 Å². The molecule has 2 aromatic carbocycles. The van der Waals surface area contributed by atoms with Gasteiger partial charge in [-0.2, -0.15) is 9.97 Å². The Labute approximate surface area is 184 Å². The second-order valence-corrected chi connectivity index (χ2v) is 7.89. The summed E-state index contributed by atoms with van der Waals surface area (Å²) in [5.74, 6) is 1.41. The number of hydrogen-bond acceptors (Lipinski definition) is 6. The Bertz CT molecular complexity index is 1360. The van der Waals surface area contributed by atoms with Crippen LogP contribution in [0.1, 0.15) is 28.0 Å². The highest BCUT2D eigenvalue weighted by Gasteiger charge is 2.24. The van der Waals surface area contributed by atoms with Crippen molar-refractivity contribution >= 4 is 28.3 Å². The minimum atomic E-state index is -0.480. The number of aryl methyl sites for hydroxylation is 1. The first-order valence-corrected chi connectivity index (χ1v) is 10.4. The Hall–Kier alpha value is -4.07. The lowest BCUT2D eigenvalue weighted by Crippen LogP contribution is -2.20. The summed E-state index contributed by atoms with van der Waals surface area (Å²) >= 11 is 0. The van der Waals surface area contributed by atoms with Crippen molar-refractivity contribution in [1.29, 1.82) is 0 Å². The summed E-state index contributed by atoms with van der Waals surface area (Å²) in [7, 11) is 1.90. The molecule has 0 unspecified atom stereocenters. The molecule has 162 valence electrons. The number of amides is 1. The molecular weight excluding hydrogens is 406 g/mol. The summed E-state index contributed by atoms with van der Waals surface area (Å²) in [6, 6.07) is 14.4. The van der Waals surface area contributed by atoms with E-state index in [0.29, 0.717) is 29.8 Å². The number of aromatic nitrogens is 3. The highest BCUT2D eigenvalue weighted by molar-refractivity contribution is 6.06. The van der Waals surface area contributed by atoms with Gasteiger partial charge in [0.15, 0.2) is 0 Å². The van der Waals surface area contributed by atoms with Gasteiger partial charge in [-0.15, -0.1) is 0 Å². The van der Waals surface area contributed by atoms with Crippen molar-refractivity contribution in [2.24, 2.45) is 5.73 Å².